The van der Waals surface area contributed by atoms with Crippen LogP contribution in [0, 0.1) is 13.8 Å². The van der Waals surface area contributed by atoms with Crippen molar-refractivity contribution >= 4 is 18.2 Å². The summed E-state index contributed by atoms with van der Waals surface area (Å²) in [7, 11) is 0. The highest BCUT2D eigenvalue weighted by Gasteiger charge is 2.07. The van der Waals surface area contributed by atoms with Gasteiger partial charge in [-0.3, -0.25) is 4.79 Å². The van der Waals surface area contributed by atoms with Crippen LogP contribution in [0.5, 0.6) is 5.75 Å². The Morgan fingerprint density at radius 2 is 1.89 bits per heavy atom. The lowest BCUT2D eigenvalue weighted by Gasteiger charge is -2.09. The molecule has 0 saturated carbocycles. The molecule has 6 nitrogen and oxygen atoms in total. The average Bonchev–Trinajstić information content (AvgIpc) is 2.22. The van der Waals surface area contributed by atoms with Gasteiger partial charge in [0.25, 0.3) is 0 Å². The standard InChI is InChI=1S/C12H15N3O3/c1-7-4-10(6-14-15-12(13)17)5-8(2)11(7)18-9(3)16/h4-6H,1-3H3,(H3,13,15,17). The van der Waals surface area contributed by atoms with Crippen LogP contribution in [0.15, 0.2) is 17.2 Å². The smallest absolute Gasteiger partial charge is 0.332 e. The van der Waals surface area contributed by atoms with E-state index in [0.29, 0.717) is 5.75 Å². The molecule has 0 spiro atoms. The molecule has 6 heteroatoms. The third kappa shape index (κ3) is 3.89. The largest absolute Gasteiger partial charge is 0.426 e. The lowest BCUT2D eigenvalue weighted by Crippen LogP contribution is -2.24. The number of urea groups is 1. The lowest BCUT2D eigenvalue weighted by molar-refractivity contribution is -0.131. The fraction of sp³-hybridized carbons (Fsp3) is 0.250. The maximum absolute atomic E-state index is 10.9. The van der Waals surface area contributed by atoms with Crippen molar-refractivity contribution in [1.82, 2.24) is 5.43 Å². The Kier molecular flexibility index (Phi) is 4.42. The fourth-order valence-electron chi connectivity index (χ4n) is 1.53. The summed E-state index contributed by atoms with van der Waals surface area (Å²) in [6.45, 7) is 5.00. The number of nitrogens with zero attached hydrogens (tertiary/aromatic N) is 1. The molecule has 0 aromatic heterocycles. The first-order valence-corrected chi connectivity index (χ1v) is 5.28. The molecule has 0 atom stereocenters. The SMILES string of the molecule is CC(=O)Oc1c(C)cc(C=NNC(N)=O)cc1C. The number of nitrogens with two attached hydrogens (primary N) is 1. The molecule has 0 saturated heterocycles. The second-order valence-electron chi connectivity index (χ2n) is 3.81. The van der Waals surface area contributed by atoms with Gasteiger partial charge in [0, 0.05) is 6.92 Å². The number of amides is 2. The third-order valence-corrected chi connectivity index (χ3v) is 2.12. The van der Waals surface area contributed by atoms with Crippen molar-refractivity contribution in [3.05, 3.63) is 28.8 Å². The first-order valence-electron chi connectivity index (χ1n) is 5.28. The van der Waals surface area contributed by atoms with Gasteiger partial charge in [-0.05, 0) is 42.7 Å². The molecular formula is C12H15N3O3. The van der Waals surface area contributed by atoms with E-state index in [1.54, 1.807) is 12.1 Å². The van der Waals surface area contributed by atoms with Crippen LogP contribution >= 0.6 is 0 Å². The number of aryl methyl sites for hydroxylation is 2. The maximum atomic E-state index is 10.9. The summed E-state index contributed by atoms with van der Waals surface area (Å²) < 4.78 is 5.10. The first kappa shape index (κ1) is 13.7. The highest BCUT2D eigenvalue weighted by molar-refractivity contribution is 5.83. The summed E-state index contributed by atoms with van der Waals surface area (Å²) in [6.07, 6.45) is 1.46. The van der Waals surface area contributed by atoms with Crippen LogP contribution in [-0.2, 0) is 4.79 Å². The molecule has 18 heavy (non-hydrogen) atoms. The minimum absolute atomic E-state index is 0.363. The fourth-order valence-corrected chi connectivity index (χ4v) is 1.53. The van der Waals surface area contributed by atoms with Crippen LogP contribution in [0.2, 0.25) is 0 Å². The molecule has 0 heterocycles. The van der Waals surface area contributed by atoms with E-state index in [2.05, 4.69) is 10.5 Å². The van der Waals surface area contributed by atoms with E-state index in [4.69, 9.17) is 10.5 Å². The van der Waals surface area contributed by atoms with Gasteiger partial charge in [-0.1, -0.05) is 0 Å². The molecule has 0 aliphatic rings. The number of hydrazone groups is 1. The summed E-state index contributed by atoms with van der Waals surface area (Å²) in [5, 5.41) is 3.66. The van der Waals surface area contributed by atoms with Gasteiger partial charge in [-0.25, -0.2) is 10.2 Å². The zero-order valence-corrected chi connectivity index (χ0v) is 10.5. The number of hydrogen-bond acceptors (Lipinski definition) is 4. The van der Waals surface area contributed by atoms with Gasteiger partial charge in [0.15, 0.2) is 0 Å². The van der Waals surface area contributed by atoms with Crippen molar-refractivity contribution in [1.29, 1.82) is 0 Å². The molecule has 0 aliphatic heterocycles. The molecule has 0 radical (unpaired) electrons. The summed E-state index contributed by atoms with van der Waals surface area (Å²) in [5.74, 6) is 0.181. The topological polar surface area (TPSA) is 93.8 Å². The Labute approximate surface area is 105 Å². The van der Waals surface area contributed by atoms with E-state index in [9.17, 15) is 9.59 Å². The van der Waals surface area contributed by atoms with E-state index >= 15 is 0 Å². The number of nitrogens with one attached hydrogen (secondary N) is 1. The molecule has 1 aromatic carbocycles. The Balaban J connectivity index is 2.95. The number of carbonyl (C=O) groups is 2. The monoisotopic (exact) mass is 249 g/mol. The van der Waals surface area contributed by atoms with Gasteiger partial charge in [-0.15, -0.1) is 0 Å². The molecule has 96 valence electrons. The molecule has 0 aliphatic carbocycles. The summed E-state index contributed by atoms with van der Waals surface area (Å²) in [6, 6.07) is 2.85. The van der Waals surface area contributed by atoms with Gasteiger partial charge in [0.05, 0.1) is 6.21 Å². The molecule has 0 unspecified atom stereocenters. The normalized spacial score (nSPS) is 10.4. The molecule has 3 N–H and O–H groups in total. The molecule has 1 aromatic rings. The number of esters is 1. The zero-order chi connectivity index (χ0) is 13.7. The van der Waals surface area contributed by atoms with E-state index in [0.717, 1.165) is 16.7 Å². The molecule has 1 rings (SSSR count). The second kappa shape index (κ2) is 5.81. The minimum atomic E-state index is -0.726. The van der Waals surface area contributed by atoms with Crippen molar-refractivity contribution < 1.29 is 14.3 Å². The van der Waals surface area contributed by atoms with E-state index < -0.39 is 6.03 Å². The Morgan fingerprint density at radius 3 is 2.33 bits per heavy atom. The second-order valence-corrected chi connectivity index (χ2v) is 3.81. The Hall–Kier alpha value is -2.37. The minimum Gasteiger partial charge on any atom is -0.426 e. The number of rotatable bonds is 3. The summed E-state index contributed by atoms with van der Waals surface area (Å²) in [5.41, 5.74) is 9.37. The quantitative estimate of drug-likeness (QED) is 0.365. The van der Waals surface area contributed by atoms with E-state index in [1.807, 2.05) is 13.8 Å². The van der Waals surface area contributed by atoms with Crippen molar-refractivity contribution in [3.63, 3.8) is 0 Å². The van der Waals surface area contributed by atoms with Crippen LogP contribution in [0.4, 0.5) is 4.79 Å². The van der Waals surface area contributed by atoms with Gasteiger partial charge < -0.3 is 10.5 Å². The molecular weight excluding hydrogens is 234 g/mol. The first-order chi connectivity index (χ1) is 8.40. The van der Waals surface area contributed by atoms with Crippen molar-refractivity contribution in [2.75, 3.05) is 0 Å². The van der Waals surface area contributed by atoms with Crippen LogP contribution < -0.4 is 15.9 Å². The molecule has 0 bridgehead atoms. The molecule has 2 amide bonds. The van der Waals surface area contributed by atoms with Gasteiger partial charge in [0.2, 0.25) is 0 Å². The highest BCUT2D eigenvalue weighted by atomic mass is 16.5. The average molecular weight is 249 g/mol. The summed E-state index contributed by atoms with van der Waals surface area (Å²) in [4.78, 5) is 21.4. The number of primary amides is 1. The zero-order valence-electron chi connectivity index (χ0n) is 10.5. The van der Waals surface area contributed by atoms with E-state index in [-0.39, 0.29) is 5.97 Å². The van der Waals surface area contributed by atoms with Crippen LogP contribution in [-0.4, -0.2) is 18.2 Å². The summed E-state index contributed by atoms with van der Waals surface area (Å²) >= 11 is 0. The van der Waals surface area contributed by atoms with Crippen LogP contribution in [0.3, 0.4) is 0 Å². The third-order valence-electron chi connectivity index (χ3n) is 2.12. The van der Waals surface area contributed by atoms with Crippen LogP contribution in [0.1, 0.15) is 23.6 Å². The lowest BCUT2D eigenvalue weighted by atomic mass is 10.1. The number of benzene rings is 1. The number of ether oxygens (including phenoxy) is 1. The number of carbonyl (C=O) groups excluding carboxylic acids is 2. The van der Waals surface area contributed by atoms with Gasteiger partial charge in [-0.2, -0.15) is 5.10 Å². The van der Waals surface area contributed by atoms with Crippen molar-refractivity contribution in [2.45, 2.75) is 20.8 Å². The van der Waals surface area contributed by atoms with Crippen molar-refractivity contribution in [2.24, 2.45) is 10.8 Å². The van der Waals surface area contributed by atoms with E-state index in [1.165, 1.54) is 13.1 Å². The van der Waals surface area contributed by atoms with Gasteiger partial charge >= 0.3 is 12.0 Å². The van der Waals surface area contributed by atoms with Gasteiger partial charge in [0.1, 0.15) is 5.75 Å². The molecule has 0 fully saturated rings. The van der Waals surface area contributed by atoms with Crippen molar-refractivity contribution in [3.8, 4) is 5.75 Å². The number of hydrogen-bond donors (Lipinski definition) is 2. The van der Waals surface area contributed by atoms with Crippen LogP contribution in [0.25, 0.3) is 0 Å². The Bertz CT molecular complexity index is 486. The highest BCUT2D eigenvalue weighted by Crippen LogP contribution is 2.24. The maximum Gasteiger partial charge on any atom is 0.332 e. The predicted octanol–water partition coefficient (Wildman–Crippen LogP) is 1.23. The Morgan fingerprint density at radius 1 is 1.33 bits per heavy atom. The predicted molar refractivity (Wildman–Crippen MR) is 67.5 cm³/mol.